The summed E-state index contributed by atoms with van der Waals surface area (Å²) in [6.45, 7) is 3.00. The van der Waals surface area contributed by atoms with Crippen LogP contribution in [-0.4, -0.2) is 21.7 Å². The lowest BCUT2D eigenvalue weighted by Crippen LogP contribution is -2.37. The van der Waals surface area contributed by atoms with Crippen LogP contribution in [0.15, 0.2) is 48.5 Å². The number of carbonyl (C=O) groups is 1. The first kappa shape index (κ1) is 20.0. The van der Waals surface area contributed by atoms with E-state index in [1.807, 2.05) is 41.1 Å². The topological polar surface area (TPSA) is 46.9 Å². The predicted molar refractivity (Wildman–Crippen MR) is 119 cm³/mol. The second-order valence-electron chi connectivity index (χ2n) is 8.23. The highest BCUT2D eigenvalue weighted by Crippen LogP contribution is 2.30. The summed E-state index contributed by atoms with van der Waals surface area (Å²) in [5, 5.41) is 9.81. The van der Waals surface area contributed by atoms with Crippen molar-refractivity contribution in [2.45, 2.75) is 58.0 Å². The molecule has 1 N–H and O–H groups in total. The molecule has 1 saturated carbocycles. The molecule has 0 bridgehead atoms. The Hall–Kier alpha value is -2.33. The number of hydrogen-bond acceptors (Lipinski definition) is 2. The largest absolute Gasteiger partial charge is 0.353 e. The summed E-state index contributed by atoms with van der Waals surface area (Å²) < 4.78 is 2.00. The van der Waals surface area contributed by atoms with E-state index in [4.69, 9.17) is 16.7 Å². The quantitative estimate of drug-likeness (QED) is 0.556. The van der Waals surface area contributed by atoms with E-state index < -0.39 is 0 Å². The highest BCUT2D eigenvalue weighted by Gasteiger charge is 2.19. The average molecular weight is 410 g/mol. The molecule has 0 atom stereocenters. The third kappa shape index (κ3) is 4.81. The van der Waals surface area contributed by atoms with Gasteiger partial charge in [0, 0.05) is 35.0 Å². The first-order chi connectivity index (χ1) is 14.1. The van der Waals surface area contributed by atoms with Crippen LogP contribution in [0.3, 0.4) is 0 Å². The Kier molecular flexibility index (Phi) is 6.19. The minimum atomic E-state index is 0.160. The van der Waals surface area contributed by atoms with Gasteiger partial charge in [0.15, 0.2) is 0 Å². The van der Waals surface area contributed by atoms with E-state index in [9.17, 15) is 4.79 Å². The zero-order valence-electron chi connectivity index (χ0n) is 16.9. The molecular weight excluding hydrogens is 382 g/mol. The maximum atomic E-state index is 12.4. The van der Waals surface area contributed by atoms with E-state index in [-0.39, 0.29) is 5.91 Å². The number of benzene rings is 2. The number of amides is 1. The van der Waals surface area contributed by atoms with Gasteiger partial charge in [0.1, 0.15) is 5.69 Å². The number of nitrogens with one attached hydrogen (secondary N) is 1. The first-order valence-corrected chi connectivity index (χ1v) is 11.0. The fourth-order valence-corrected chi connectivity index (χ4v) is 4.40. The van der Waals surface area contributed by atoms with Crippen molar-refractivity contribution in [3.05, 3.63) is 53.6 Å². The summed E-state index contributed by atoms with van der Waals surface area (Å²) in [5.74, 6) is 0.955. The van der Waals surface area contributed by atoms with Gasteiger partial charge in [-0.25, -0.2) is 0 Å². The fraction of sp³-hybridized carbons (Fsp3) is 0.417. The Morgan fingerprint density at radius 1 is 1.14 bits per heavy atom. The number of halogens is 1. The summed E-state index contributed by atoms with van der Waals surface area (Å²) in [6.07, 6.45) is 5.95. The molecule has 5 heteroatoms. The average Bonchev–Trinajstić information content (AvgIpc) is 3.08. The van der Waals surface area contributed by atoms with Gasteiger partial charge in [0.25, 0.3) is 0 Å². The normalized spacial score (nSPS) is 19.4. The van der Waals surface area contributed by atoms with Crippen LogP contribution in [0.5, 0.6) is 0 Å². The van der Waals surface area contributed by atoms with Crippen molar-refractivity contribution in [3.8, 4) is 11.3 Å². The second-order valence-corrected chi connectivity index (χ2v) is 8.66. The maximum Gasteiger partial charge on any atom is 0.220 e. The monoisotopic (exact) mass is 409 g/mol. The van der Waals surface area contributed by atoms with Crippen LogP contribution in [0, 0.1) is 5.92 Å². The first-order valence-electron chi connectivity index (χ1n) is 10.6. The summed E-state index contributed by atoms with van der Waals surface area (Å²) in [6, 6.07) is 16.4. The van der Waals surface area contributed by atoms with Gasteiger partial charge in [-0.3, -0.25) is 9.48 Å². The zero-order valence-corrected chi connectivity index (χ0v) is 17.7. The molecule has 0 radical (unpaired) electrons. The lowest BCUT2D eigenvalue weighted by molar-refractivity contribution is -0.122. The van der Waals surface area contributed by atoms with Gasteiger partial charge >= 0.3 is 0 Å². The number of aromatic nitrogens is 2. The molecule has 0 saturated heterocycles. The molecule has 1 heterocycles. The summed E-state index contributed by atoms with van der Waals surface area (Å²) in [7, 11) is 0. The highest BCUT2D eigenvalue weighted by molar-refractivity contribution is 6.31. The van der Waals surface area contributed by atoms with Crippen molar-refractivity contribution in [2.75, 3.05) is 0 Å². The highest BCUT2D eigenvalue weighted by atomic mass is 35.5. The van der Waals surface area contributed by atoms with Gasteiger partial charge in [-0.1, -0.05) is 48.9 Å². The maximum absolute atomic E-state index is 12.4. The van der Waals surface area contributed by atoms with Crippen molar-refractivity contribution in [3.63, 3.8) is 0 Å². The molecule has 4 nitrogen and oxygen atoms in total. The number of carbonyl (C=O) groups excluding carboxylic acids is 1. The molecule has 1 aromatic heterocycles. The predicted octanol–water partition coefficient (Wildman–Crippen LogP) is 5.83. The number of rotatable bonds is 6. The second kappa shape index (κ2) is 9.00. The van der Waals surface area contributed by atoms with Gasteiger partial charge in [-0.2, -0.15) is 5.10 Å². The van der Waals surface area contributed by atoms with Crippen LogP contribution in [-0.2, 0) is 11.3 Å². The summed E-state index contributed by atoms with van der Waals surface area (Å²) in [4.78, 5) is 12.4. The molecule has 3 aromatic rings. The Morgan fingerprint density at radius 3 is 2.66 bits per heavy atom. The smallest absolute Gasteiger partial charge is 0.220 e. The van der Waals surface area contributed by atoms with E-state index in [1.165, 1.54) is 12.8 Å². The van der Waals surface area contributed by atoms with E-state index in [0.717, 1.165) is 47.3 Å². The van der Waals surface area contributed by atoms with Gasteiger partial charge < -0.3 is 5.32 Å². The number of hydrogen-bond donors (Lipinski definition) is 1. The van der Waals surface area contributed by atoms with Crippen LogP contribution < -0.4 is 5.32 Å². The van der Waals surface area contributed by atoms with Crippen molar-refractivity contribution in [1.82, 2.24) is 15.1 Å². The van der Waals surface area contributed by atoms with Crippen LogP contribution in [0.4, 0.5) is 0 Å². The standard InChI is InChI=1S/C24H28ClN3O/c1-17-9-12-20(13-10-17)26-23(29)8-5-15-28-22-14-11-19(25)16-21(22)24(27-28)18-6-3-2-4-7-18/h2-4,6-7,11,14,16-17,20H,5,8-10,12-13,15H2,1H3,(H,26,29). The van der Waals surface area contributed by atoms with Crippen molar-refractivity contribution < 1.29 is 4.79 Å². The molecular formula is C24H28ClN3O. The van der Waals surface area contributed by atoms with E-state index >= 15 is 0 Å². The Balaban J connectivity index is 1.42. The molecule has 4 rings (SSSR count). The van der Waals surface area contributed by atoms with Crippen molar-refractivity contribution in [2.24, 2.45) is 5.92 Å². The Bertz CT molecular complexity index is 974. The molecule has 1 aliphatic rings. The SMILES string of the molecule is CC1CCC(NC(=O)CCCn2nc(-c3ccccc3)c3cc(Cl)ccc32)CC1. The van der Waals surface area contributed by atoms with E-state index in [2.05, 4.69) is 24.4 Å². The minimum Gasteiger partial charge on any atom is -0.353 e. The Morgan fingerprint density at radius 2 is 1.90 bits per heavy atom. The summed E-state index contributed by atoms with van der Waals surface area (Å²) >= 11 is 6.24. The number of fused-ring (bicyclic) bond motifs is 1. The van der Waals surface area contributed by atoms with Gasteiger partial charge in [-0.05, 0) is 56.2 Å². The number of aryl methyl sites for hydroxylation is 1. The molecule has 2 aromatic carbocycles. The van der Waals surface area contributed by atoms with Gasteiger partial charge in [0.05, 0.1) is 5.52 Å². The van der Waals surface area contributed by atoms with Crippen LogP contribution in [0.1, 0.15) is 45.4 Å². The van der Waals surface area contributed by atoms with Crippen molar-refractivity contribution in [1.29, 1.82) is 0 Å². The number of nitrogens with zero attached hydrogens (tertiary/aromatic N) is 2. The minimum absolute atomic E-state index is 0.160. The molecule has 0 spiro atoms. The lowest BCUT2D eigenvalue weighted by Gasteiger charge is -2.26. The zero-order chi connectivity index (χ0) is 20.2. The fourth-order valence-electron chi connectivity index (χ4n) is 4.22. The molecule has 0 aliphatic heterocycles. The third-order valence-electron chi connectivity index (χ3n) is 5.91. The summed E-state index contributed by atoms with van der Waals surface area (Å²) in [5.41, 5.74) is 3.06. The third-order valence-corrected chi connectivity index (χ3v) is 6.15. The molecule has 1 fully saturated rings. The van der Waals surface area contributed by atoms with E-state index in [0.29, 0.717) is 24.0 Å². The Labute approximate surface area is 177 Å². The van der Waals surface area contributed by atoms with Crippen LogP contribution in [0.25, 0.3) is 22.2 Å². The van der Waals surface area contributed by atoms with Crippen molar-refractivity contribution >= 4 is 28.4 Å². The molecule has 1 amide bonds. The molecule has 0 unspecified atom stereocenters. The molecule has 152 valence electrons. The van der Waals surface area contributed by atoms with Gasteiger partial charge in [0.2, 0.25) is 5.91 Å². The lowest BCUT2D eigenvalue weighted by atomic mass is 9.87. The molecule has 29 heavy (non-hydrogen) atoms. The van der Waals surface area contributed by atoms with Gasteiger partial charge in [-0.15, -0.1) is 0 Å². The van der Waals surface area contributed by atoms with Crippen LogP contribution >= 0.6 is 11.6 Å². The van der Waals surface area contributed by atoms with Crippen LogP contribution in [0.2, 0.25) is 5.02 Å². The van der Waals surface area contributed by atoms with E-state index in [1.54, 1.807) is 0 Å². The molecule has 1 aliphatic carbocycles.